The first-order valence-corrected chi connectivity index (χ1v) is 9.14. The fraction of sp³-hybridized carbons (Fsp3) is 0.353. The average Bonchev–Trinajstić information content (AvgIpc) is 3.04. The zero-order chi connectivity index (χ0) is 16.9. The Labute approximate surface area is 162 Å². The summed E-state index contributed by atoms with van der Waals surface area (Å²) in [5.74, 6) is 0.166. The summed E-state index contributed by atoms with van der Waals surface area (Å²) in [6.45, 7) is 0.601. The molecule has 5 nitrogen and oxygen atoms in total. The Morgan fingerprint density at radius 1 is 1.24 bits per heavy atom. The standard InChI is InChI=1S/C17H19ClN4OS.ClH/c18-12-5-1-2-7-15(12)24-16-9-8-14(21-22-16)17(23)20-13-6-3-4-11(13)10-19;/h1-2,5,7-9,11,13H,3-4,6,10,19H2,(H,20,23);1H. The molecule has 0 aliphatic heterocycles. The highest BCUT2D eigenvalue weighted by atomic mass is 35.5. The van der Waals surface area contributed by atoms with Crippen LogP contribution in [0.3, 0.4) is 0 Å². The molecular weight excluding hydrogens is 379 g/mol. The van der Waals surface area contributed by atoms with Crippen LogP contribution in [0.25, 0.3) is 0 Å². The average molecular weight is 399 g/mol. The number of amides is 1. The predicted molar refractivity (Wildman–Crippen MR) is 103 cm³/mol. The first kappa shape index (κ1) is 20.0. The smallest absolute Gasteiger partial charge is 0.272 e. The van der Waals surface area contributed by atoms with Crippen molar-refractivity contribution in [3.63, 3.8) is 0 Å². The van der Waals surface area contributed by atoms with Crippen molar-refractivity contribution in [3.05, 3.63) is 47.1 Å². The number of halogens is 2. The van der Waals surface area contributed by atoms with Crippen molar-refractivity contribution in [3.8, 4) is 0 Å². The summed E-state index contributed by atoms with van der Waals surface area (Å²) in [4.78, 5) is 13.2. The minimum absolute atomic E-state index is 0. The highest BCUT2D eigenvalue weighted by Gasteiger charge is 2.27. The lowest BCUT2D eigenvalue weighted by atomic mass is 10.0. The molecule has 25 heavy (non-hydrogen) atoms. The van der Waals surface area contributed by atoms with Crippen LogP contribution in [0, 0.1) is 5.92 Å². The zero-order valence-corrected chi connectivity index (χ0v) is 15.9. The van der Waals surface area contributed by atoms with Gasteiger partial charge in [0.05, 0.1) is 5.02 Å². The van der Waals surface area contributed by atoms with Gasteiger partial charge in [-0.15, -0.1) is 22.6 Å². The number of aromatic nitrogens is 2. The number of carbonyl (C=O) groups excluding carboxylic acids is 1. The molecule has 134 valence electrons. The van der Waals surface area contributed by atoms with E-state index in [1.165, 1.54) is 11.8 Å². The van der Waals surface area contributed by atoms with Gasteiger partial charge in [0.15, 0.2) is 5.69 Å². The Balaban J connectivity index is 0.00000225. The molecule has 1 aliphatic carbocycles. The molecule has 1 fully saturated rings. The van der Waals surface area contributed by atoms with E-state index in [0.29, 0.717) is 28.2 Å². The van der Waals surface area contributed by atoms with Crippen LogP contribution in [0.1, 0.15) is 29.8 Å². The quantitative estimate of drug-likeness (QED) is 0.804. The Morgan fingerprint density at radius 3 is 2.72 bits per heavy atom. The van der Waals surface area contributed by atoms with E-state index in [2.05, 4.69) is 15.5 Å². The van der Waals surface area contributed by atoms with E-state index < -0.39 is 0 Å². The third-order valence-corrected chi connectivity index (χ3v) is 5.65. The molecule has 1 saturated carbocycles. The molecule has 0 spiro atoms. The molecule has 1 heterocycles. The zero-order valence-electron chi connectivity index (χ0n) is 13.5. The second-order valence-electron chi connectivity index (χ2n) is 5.80. The molecule has 3 N–H and O–H groups in total. The Kier molecular flexibility index (Phi) is 7.50. The molecule has 1 aromatic carbocycles. The third-order valence-electron chi connectivity index (χ3n) is 4.20. The second-order valence-corrected chi connectivity index (χ2v) is 7.27. The summed E-state index contributed by atoms with van der Waals surface area (Å²) in [5, 5.41) is 12.5. The van der Waals surface area contributed by atoms with Crippen LogP contribution in [0.5, 0.6) is 0 Å². The van der Waals surface area contributed by atoms with Gasteiger partial charge in [0, 0.05) is 10.9 Å². The molecule has 3 rings (SSSR count). The molecule has 1 aliphatic rings. The SMILES string of the molecule is Cl.NCC1CCCC1NC(=O)c1ccc(Sc2ccccc2Cl)nn1. The van der Waals surface area contributed by atoms with Crippen LogP contribution in [-0.2, 0) is 0 Å². The Hall–Kier alpha value is -1.34. The van der Waals surface area contributed by atoms with E-state index in [1.54, 1.807) is 12.1 Å². The molecule has 0 saturated heterocycles. The molecule has 1 amide bonds. The summed E-state index contributed by atoms with van der Waals surface area (Å²) in [5.41, 5.74) is 6.07. The van der Waals surface area contributed by atoms with E-state index in [9.17, 15) is 4.79 Å². The van der Waals surface area contributed by atoms with Gasteiger partial charge in [-0.2, -0.15) is 0 Å². The molecular formula is C17H20Cl2N4OS. The summed E-state index contributed by atoms with van der Waals surface area (Å²) >= 11 is 7.55. The van der Waals surface area contributed by atoms with Gasteiger partial charge < -0.3 is 11.1 Å². The van der Waals surface area contributed by atoms with Crippen molar-refractivity contribution in [2.45, 2.75) is 35.2 Å². The molecule has 0 bridgehead atoms. The second kappa shape index (κ2) is 9.38. The van der Waals surface area contributed by atoms with E-state index in [4.69, 9.17) is 17.3 Å². The van der Waals surface area contributed by atoms with Crippen LogP contribution in [0.4, 0.5) is 0 Å². The maximum Gasteiger partial charge on any atom is 0.272 e. The normalized spacial score (nSPS) is 19.3. The molecule has 2 aromatic rings. The van der Waals surface area contributed by atoms with Crippen molar-refractivity contribution in [2.24, 2.45) is 11.7 Å². The highest BCUT2D eigenvalue weighted by molar-refractivity contribution is 7.99. The van der Waals surface area contributed by atoms with Gasteiger partial charge >= 0.3 is 0 Å². The lowest BCUT2D eigenvalue weighted by Crippen LogP contribution is -2.40. The van der Waals surface area contributed by atoms with Gasteiger partial charge in [0.2, 0.25) is 0 Å². The lowest BCUT2D eigenvalue weighted by Gasteiger charge is -2.18. The monoisotopic (exact) mass is 398 g/mol. The fourth-order valence-corrected chi connectivity index (χ4v) is 3.89. The van der Waals surface area contributed by atoms with Crippen LogP contribution >= 0.6 is 35.8 Å². The predicted octanol–water partition coefficient (Wildman–Crippen LogP) is 3.56. The molecule has 8 heteroatoms. The third kappa shape index (κ3) is 5.07. The molecule has 0 radical (unpaired) electrons. The van der Waals surface area contributed by atoms with E-state index in [1.807, 2.05) is 24.3 Å². The van der Waals surface area contributed by atoms with E-state index in [-0.39, 0.29) is 24.4 Å². The van der Waals surface area contributed by atoms with Gasteiger partial charge in [0.1, 0.15) is 5.03 Å². The highest BCUT2D eigenvalue weighted by Crippen LogP contribution is 2.31. The number of nitrogens with two attached hydrogens (primary N) is 1. The number of hydrogen-bond donors (Lipinski definition) is 2. The minimum Gasteiger partial charge on any atom is -0.348 e. The molecule has 1 aromatic heterocycles. The van der Waals surface area contributed by atoms with Crippen molar-refractivity contribution < 1.29 is 4.79 Å². The minimum atomic E-state index is -0.192. The van der Waals surface area contributed by atoms with Crippen molar-refractivity contribution in [2.75, 3.05) is 6.54 Å². The van der Waals surface area contributed by atoms with Crippen LogP contribution < -0.4 is 11.1 Å². The van der Waals surface area contributed by atoms with Crippen LogP contribution in [0.15, 0.2) is 46.3 Å². The molecule has 2 atom stereocenters. The van der Waals surface area contributed by atoms with Crippen molar-refractivity contribution in [1.29, 1.82) is 0 Å². The molecule has 2 unspecified atom stereocenters. The Morgan fingerprint density at radius 2 is 2.04 bits per heavy atom. The number of rotatable bonds is 5. The van der Waals surface area contributed by atoms with Gasteiger partial charge in [-0.05, 0) is 49.6 Å². The van der Waals surface area contributed by atoms with Crippen LogP contribution in [-0.4, -0.2) is 28.7 Å². The number of benzene rings is 1. The van der Waals surface area contributed by atoms with E-state index >= 15 is 0 Å². The van der Waals surface area contributed by atoms with Gasteiger partial charge in [0.25, 0.3) is 5.91 Å². The van der Waals surface area contributed by atoms with Gasteiger partial charge in [-0.3, -0.25) is 4.79 Å². The first-order chi connectivity index (χ1) is 11.7. The largest absolute Gasteiger partial charge is 0.348 e. The van der Waals surface area contributed by atoms with Gasteiger partial charge in [-0.25, -0.2) is 0 Å². The van der Waals surface area contributed by atoms with Crippen molar-refractivity contribution >= 4 is 41.7 Å². The fourth-order valence-electron chi connectivity index (χ4n) is 2.89. The summed E-state index contributed by atoms with van der Waals surface area (Å²) < 4.78 is 0. The maximum absolute atomic E-state index is 12.3. The summed E-state index contributed by atoms with van der Waals surface area (Å²) in [6.07, 6.45) is 3.15. The first-order valence-electron chi connectivity index (χ1n) is 7.94. The number of nitrogens with one attached hydrogen (secondary N) is 1. The van der Waals surface area contributed by atoms with E-state index in [0.717, 1.165) is 24.2 Å². The lowest BCUT2D eigenvalue weighted by molar-refractivity contribution is 0.0922. The summed E-state index contributed by atoms with van der Waals surface area (Å²) in [6, 6.07) is 11.2. The maximum atomic E-state index is 12.3. The van der Waals surface area contributed by atoms with Crippen LogP contribution in [0.2, 0.25) is 5.02 Å². The summed E-state index contributed by atoms with van der Waals surface area (Å²) in [7, 11) is 0. The topological polar surface area (TPSA) is 80.9 Å². The number of carbonyl (C=O) groups is 1. The number of hydrogen-bond acceptors (Lipinski definition) is 5. The Bertz CT molecular complexity index is 714. The number of nitrogens with zero attached hydrogens (tertiary/aromatic N) is 2. The van der Waals surface area contributed by atoms with Crippen molar-refractivity contribution in [1.82, 2.24) is 15.5 Å². The van der Waals surface area contributed by atoms with Gasteiger partial charge in [-0.1, -0.05) is 41.9 Å².